The van der Waals surface area contributed by atoms with Crippen LogP contribution in [0.3, 0.4) is 0 Å². The molecule has 1 fully saturated rings. The third-order valence-electron chi connectivity index (χ3n) is 4.21. The van der Waals surface area contributed by atoms with Gasteiger partial charge in [0.05, 0.1) is 12.5 Å². The summed E-state index contributed by atoms with van der Waals surface area (Å²) in [6, 6.07) is 20.7. The Hall–Kier alpha value is -2.13. The highest BCUT2D eigenvalue weighted by atomic mass is 16.2. The number of benzene rings is 2. The minimum absolute atomic E-state index is 0.119. The van der Waals surface area contributed by atoms with E-state index in [1.54, 1.807) is 0 Å². The van der Waals surface area contributed by atoms with Gasteiger partial charge in [0.15, 0.2) is 0 Å². The summed E-state index contributed by atoms with van der Waals surface area (Å²) in [7, 11) is 0. The van der Waals surface area contributed by atoms with E-state index in [9.17, 15) is 4.79 Å². The van der Waals surface area contributed by atoms with E-state index >= 15 is 0 Å². The lowest BCUT2D eigenvalue weighted by atomic mass is 10.00. The van der Waals surface area contributed by atoms with Crippen molar-refractivity contribution in [2.45, 2.75) is 25.4 Å². The van der Waals surface area contributed by atoms with Crippen LogP contribution in [-0.4, -0.2) is 29.9 Å². The van der Waals surface area contributed by atoms with E-state index in [-0.39, 0.29) is 11.9 Å². The van der Waals surface area contributed by atoms with Crippen molar-refractivity contribution >= 4 is 5.91 Å². The molecule has 114 valence electrons. The second kappa shape index (κ2) is 6.75. The highest BCUT2D eigenvalue weighted by Gasteiger charge is 2.30. The monoisotopic (exact) mass is 294 g/mol. The van der Waals surface area contributed by atoms with Crippen molar-refractivity contribution in [3.63, 3.8) is 0 Å². The molecule has 1 saturated heterocycles. The van der Waals surface area contributed by atoms with E-state index in [0.717, 1.165) is 18.7 Å². The molecule has 3 nitrogen and oxygen atoms in total. The van der Waals surface area contributed by atoms with Gasteiger partial charge in [-0.3, -0.25) is 4.79 Å². The smallest absolute Gasteiger partial charge is 0.227 e. The van der Waals surface area contributed by atoms with E-state index in [4.69, 9.17) is 0 Å². The fraction of sp³-hybridized carbons (Fsp3) is 0.316. The largest absolute Gasteiger partial charge is 0.333 e. The number of carbonyl (C=O) groups excluding carboxylic acids is 1. The summed E-state index contributed by atoms with van der Waals surface area (Å²) in [5.74, 6) is 0.202. The topological polar surface area (TPSA) is 32.3 Å². The molecule has 1 heterocycles. The van der Waals surface area contributed by atoms with Crippen LogP contribution < -0.4 is 5.32 Å². The molecule has 0 saturated carbocycles. The van der Waals surface area contributed by atoms with Crippen molar-refractivity contribution in [2.75, 3.05) is 13.1 Å². The molecule has 1 amide bonds. The van der Waals surface area contributed by atoms with Gasteiger partial charge in [-0.15, -0.1) is 0 Å². The maximum Gasteiger partial charge on any atom is 0.227 e. The average Bonchev–Trinajstić information content (AvgIpc) is 2.56. The first-order valence-corrected chi connectivity index (χ1v) is 7.86. The summed E-state index contributed by atoms with van der Waals surface area (Å²) in [5.41, 5.74) is 2.27. The first-order chi connectivity index (χ1) is 10.7. The molecule has 0 aromatic heterocycles. The van der Waals surface area contributed by atoms with Gasteiger partial charge in [0.2, 0.25) is 5.91 Å². The molecule has 0 radical (unpaired) electrons. The number of hydrogen-bond acceptors (Lipinski definition) is 2. The van der Waals surface area contributed by atoms with Gasteiger partial charge in [-0.05, 0) is 18.1 Å². The fourth-order valence-corrected chi connectivity index (χ4v) is 3.03. The van der Waals surface area contributed by atoms with Crippen LogP contribution in [0.4, 0.5) is 0 Å². The Bertz CT molecular complexity index is 612. The SMILES string of the molecule is CC1CN(C(=O)Cc2ccccc2)C(c2ccccc2)CN1. The van der Waals surface area contributed by atoms with Gasteiger partial charge in [-0.25, -0.2) is 0 Å². The van der Waals surface area contributed by atoms with Crippen molar-refractivity contribution in [1.82, 2.24) is 10.2 Å². The molecule has 2 aromatic rings. The van der Waals surface area contributed by atoms with Gasteiger partial charge in [-0.2, -0.15) is 0 Å². The number of nitrogens with zero attached hydrogens (tertiary/aromatic N) is 1. The van der Waals surface area contributed by atoms with Crippen LogP contribution in [0.2, 0.25) is 0 Å². The average molecular weight is 294 g/mol. The predicted octanol–water partition coefficient (Wildman–Crippen LogP) is 2.79. The van der Waals surface area contributed by atoms with E-state index < -0.39 is 0 Å². The molecule has 2 aromatic carbocycles. The van der Waals surface area contributed by atoms with E-state index in [0.29, 0.717) is 12.5 Å². The molecule has 2 unspecified atom stereocenters. The fourth-order valence-electron chi connectivity index (χ4n) is 3.03. The van der Waals surface area contributed by atoms with Gasteiger partial charge in [0, 0.05) is 19.1 Å². The van der Waals surface area contributed by atoms with Crippen molar-refractivity contribution in [3.8, 4) is 0 Å². The van der Waals surface area contributed by atoms with Crippen LogP contribution in [-0.2, 0) is 11.2 Å². The molecule has 22 heavy (non-hydrogen) atoms. The Morgan fingerprint density at radius 2 is 1.73 bits per heavy atom. The van der Waals surface area contributed by atoms with Crippen LogP contribution in [0.25, 0.3) is 0 Å². The molecule has 0 spiro atoms. The molecule has 2 atom stereocenters. The zero-order chi connectivity index (χ0) is 15.4. The van der Waals surface area contributed by atoms with Gasteiger partial charge < -0.3 is 10.2 Å². The minimum Gasteiger partial charge on any atom is -0.333 e. The summed E-state index contributed by atoms with van der Waals surface area (Å²) >= 11 is 0. The Kier molecular flexibility index (Phi) is 4.54. The molecule has 3 rings (SSSR count). The normalized spacial score (nSPS) is 21.6. The van der Waals surface area contributed by atoms with E-state index in [2.05, 4.69) is 24.4 Å². The predicted molar refractivity (Wildman–Crippen MR) is 88.5 cm³/mol. The summed E-state index contributed by atoms with van der Waals surface area (Å²) in [4.78, 5) is 14.8. The number of piperazine rings is 1. The van der Waals surface area contributed by atoms with Gasteiger partial charge in [0.1, 0.15) is 0 Å². The summed E-state index contributed by atoms with van der Waals surface area (Å²) < 4.78 is 0. The minimum atomic E-state index is 0.119. The standard InChI is InChI=1S/C19H22N2O/c1-15-14-21(19(22)12-16-8-4-2-5-9-16)18(13-20-15)17-10-6-3-7-11-17/h2-11,15,18,20H,12-14H2,1H3. The van der Waals surface area contributed by atoms with Crippen LogP contribution in [0.5, 0.6) is 0 Å². The van der Waals surface area contributed by atoms with Crippen molar-refractivity contribution < 1.29 is 4.79 Å². The highest BCUT2D eigenvalue weighted by Crippen LogP contribution is 2.24. The number of hydrogen-bond donors (Lipinski definition) is 1. The maximum atomic E-state index is 12.8. The Morgan fingerprint density at radius 1 is 1.09 bits per heavy atom. The Labute approximate surface area is 132 Å². The molecule has 1 aliphatic heterocycles. The number of carbonyl (C=O) groups is 1. The maximum absolute atomic E-state index is 12.8. The van der Waals surface area contributed by atoms with Crippen LogP contribution in [0.1, 0.15) is 24.1 Å². The van der Waals surface area contributed by atoms with Crippen LogP contribution in [0.15, 0.2) is 60.7 Å². The molecule has 0 bridgehead atoms. The molecular formula is C19H22N2O. The number of nitrogens with one attached hydrogen (secondary N) is 1. The quantitative estimate of drug-likeness (QED) is 0.944. The van der Waals surface area contributed by atoms with E-state index in [1.165, 1.54) is 5.56 Å². The van der Waals surface area contributed by atoms with Crippen molar-refractivity contribution in [2.24, 2.45) is 0 Å². The van der Waals surface area contributed by atoms with Gasteiger partial charge in [0.25, 0.3) is 0 Å². The number of rotatable bonds is 3. The second-order valence-corrected chi connectivity index (χ2v) is 5.94. The zero-order valence-corrected chi connectivity index (χ0v) is 12.9. The van der Waals surface area contributed by atoms with Gasteiger partial charge >= 0.3 is 0 Å². The molecule has 3 heteroatoms. The lowest BCUT2D eigenvalue weighted by Gasteiger charge is -2.39. The first-order valence-electron chi connectivity index (χ1n) is 7.86. The summed E-state index contributed by atoms with van der Waals surface area (Å²) in [5, 5.41) is 3.49. The van der Waals surface area contributed by atoms with Crippen LogP contribution >= 0.6 is 0 Å². The zero-order valence-electron chi connectivity index (χ0n) is 12.9. The Balaban J connectivity index is 1.79. The third kappa shape index (κ3) is 3.37. The molecule has 1 N–H and O–H groups in total. The summed E-state index contributed by atoms with van der Waals surface area (Å²) in [6.07, 6.45) is 0.469. The van der Waals surface area contributed by atoms with Crippen molar-refractivity contribution in [3.05, 3.63) is 71.8 Å². The number of amides is 1. The second-order valence-electron chi connectivity index (χ2n) is 5.94. The van der Waals surface area contributed by atoms with Gasteiger partial charge in [-0.1, -0.05) is 60.7 Å². The first kappa shape index (κ1) is 14.8. The molecule has 1 aliphatic rings. The third-order valence-corrected chi connectivity index (χ3v) is 4.21. The molecular weight excluding hydrogens is 272 g/mol. The lowest BCUT2D eigenvalue weighted by molar-refractivity contribution is -0.134. The molecule has 0 aliphatic carbocycles. The summed E-state index contributed by atoms with van der Waals surface area (Å²) in [6.45, 7) is 3.70. The van der Waals surface area contributed by atoms with Crippen LogP contribution in [0, 0.1) is 0 Å². The van der Waals surface area contributed by atoms with Crippen molar-refractivity contribution in [1.29, 1.82) is 0 Å². The van der Waals surface area contributed by atoms with E-state index in [1.807, 2.05) is 53.4 Å². The highest BCUT2D eigenvalue weighted by molar-refractivity contribution is 5.79. The Morgan fingerprint density at radius 3 is 2.41 bits per heavy atom. The lowest BCUT2D eigenvalue weighted by Crippen LogP contribution is -2.53.